The Hall–Kier alpha value is -0.580. The molecule has 2 nitrogen and oxygen atoms in total. The molecule has 0 fully saturated rings. The highest BCUT2D eigenvalue weighted by Gasteiger charge is 2.08. The van der Waals surface area contributed by atoms with Crippen LogP contribution < -0.4 is 0 Å². The van der Waals surface area contributed by atoms with Crippen molar-refractivity contribution in [1.82, 2.24) is 9.97 Å². The smallest absolute Gasteiger partial charge is 0.144 e. The quantitative estimate of drug-likeness (QED) is 0.818. The van der Waals surface area contributed by atoms with Gasteiger partial charge >= 0.3 is 0 Å². The maximum Gasteiger partial charge on any atom is 0.144 e. The van der Waals surface area contributed by atoms with Gasteiger partial charge in [-0.05, 0) is 12.1 Å². The van der Waals surface area contributed by atoms with Gasteiger partial charge in [-0.25, -0.2) is 4.98 Å². The van der Waals surface area contributed by atoms with E-state index < -0.39 is 0 Å². The van der Waals surface area contributed by atoms with Gasteiger partial charge in [0.25, 0.3) is 0 Å². The van der Waals surface area contributed by atoms with E-state index in [0.717, 1.165) is 15.4 Å². The molecule has 0 aliphatic rings. The minimum atomic E-state index is 0.545. The van der Waals surface area contributed by atoms with Crippen LogP contribution in [0.25, 0.3) is 10.6 Å². The SMILES string of the molecule is SCc1sc(-c2cccnc2)nc1Cl. The molecular formula is C9H7ClN2S2. The average molecular weight is 243 g/mol. The van der Waals surface area contributed by atoms with Crippen molar-refractivity contribution in [3.05, 3.63) is 34.6 Å². The first-order valence-corrected chi connectivity index (χ1v) is 5.80. The molecule has 2 rings (SSSR count). The number of thiol groups is 1. The molecule has 2 aromatic rings. The molecule has 72 valence electrons. The Morgan fingerprint density at radius 3 is 2.93 bits per heavy atom. The van der Waals surface area contributed by atoms with Crippen LogP contribution in [0.15, 0.2) is 24.5 Å². The predicted molar refractivity (Wildman–Crippen MR) is 63.0 cm³/mol. The lowest BCUT2D eigenvalue weighted by Gasteiger charge is -1.91. The predicted octanol–water partition coefficient (Wildman–Crippen LogP) is 3.29. The summed E-state index contributed by atoms with van der Waals surface area (Å²) in [6.07, 6.45) is 3.51. The van der Waals surface area contributed by atoms with Crippen molar-refractivity contribution in [2.45, 2.75) is 5.75 Å². The van der Waals surface area contributed by atoms with Crippen LogP contribution >= 0.6 is 35.6 Å². The average Bonchev–Trinajstić information content (AvgIpc) is 2.61. The molecule has 0 aliphatic heterocycles. The molecule has 0 saturated heterocycles. The number of pyridine rings is 1. The molecule has 0 aromatic carbocycles. The standard InChI is InChI=1S/C9H7ClN2S2/c10-8-7(5-13)14-9(12-8)6-2-1-3-11-4-6/h1-4,13H,5H2. The van der Waals surface area contributed by atoms with Crippen LogP contribution in [0.5, 0.6) is 0 Å². The third-order valence-corrected chi connectivity index (χ3v) is 3.76. The van der Waals surface area contributed by atoms with Crippen molar-refractivity contribution in [2.75, 3.05) is 0 Å². The van der Waals surface area contributed by atoms with Crippen molar-refractivity contribution >= 4 is 35.6 Å². The third-order valence-electron chi connectivity index (χ3n) is 1.70. The van der Waals surface area contributed by atoms with Gasteiger partial charge in [0.05, 0.1) is 4.88 Å². The number of nitrogens with zero attached hydrogens (tertiary/aromatic N) is 2. The molecule has 2 aromatic heterocycles. The van der Waals surface area contributed by atoms with E-state index >= 15 is 0 Å². The highest BCUT2D eigenvalue weighted by Crippen LogP contribution is 2.31. The Morgan fingerprint density at radius 2 is 2.36 bits per heavy atom. The summed E-state index contributed by atoms with van der Waals surface area (Å²) in [4.78, 5) is 9.27. The topological polar surface area (TPSA) is 25.8 Å². The largest absolute Gasteiger partial charge is 0.264 e. The maximum absolute atomic E-state index is 5.92. The van der Waals surface area contributed by atoms with Crippen LogP contribution in [-0.4, -0.2) is 9.97 Å². The van der Waals surface area contributed by atoms with Crippen molar-refractivity contribution < 1.29 is 0 Å². The fraction of sp³-hybridized carbons (Fsp3) is 0.111. The van der Waals surface area contributed by atoms with Crippen LogP contribution in [0.2, 0.25) is 5.15 Å². The summed E-state index contributed by atoms with van der Waals surface area (Å²) in [5, 5.41) is 1.44. The molecule has 0 atom stereocenters. The summed E-state index contributed by atoms with van der Waals surface area (Å²) in [6, 6.07) is 3.84. The molecule has 14 heavy (non-hydrogen) atoms. The first kappa shape index (κ1) is 9.96. The van der Waals surface area contributed by atoms with Crippen LogP contribution in [0.1, 0.15) is 4.88 Å². The van der Waals surface area contributed by atoms with Crippen LogP contribution in [0.4, 0.5) is 0 Å². The Labute approximate surface area is 96.4 Å². The minimum absolute atomic E-state index is 0.545. The molecule has 0 saturated carbocycles. The normalized spacial score (nSPS) is 10.4. The Morgan fingerprint density at radius 1 is 1.50 bits per heavy atom. The Kier molecular flexibility index (Phi) is 3.05. The first-order valence-electron chi connectivity index (χ1n) is 3.97. The molecule has 0 radical (unpaired) electrons. The number of hydrogen-bond donors (Lipinski definition) is 1. The fourth-order valence-electron chi connectivity index (χ4n) is 1.04. The lowest BCUT2D eigenvalue weighted by Crippen LogP contribution is -1.76. The Bertz CT molecular complexity index is 428. The lowest BCUT2D eigenvalue weighted by atomic mass is 10.3. The van der Waals surface area contributed by atoms with Gasteiger partial charge in [0.1, 0.15) is 10.2 Å². The molecular weight excluding hydrogens is 236 g/mol. The van der Waals surface area contributed by atoms with Gasteiger partial charge in [-0.1, -0.05) is 11.6 Å². The molecule has 0 N–H and O–H groups in total. The molecule has 0 amide bonds. The molecule has 0 spiro atoms. The van der Waals surface area contributed by atoms with Gasteiger partial charge < -0.3 is 0 Å². The van der Waals surface area contributed by atoms with Crippen molar-refractivity contribution in [3.63, 3.8) is 0 Å². The van der Waals surface area contributed by atoms with Gasteiger partial charge in [-0.15, -0.1) is 11.3 Å². The lowest BCUT2D eigenvalue weighted by molar-refractivity contribution is 1.31. The summed E-state index contributed by atoms with van der Waals surface area (Å²) in [5.74, 6) is 0.622. The highest BCUT2D eigenvalue weighted by atomic mass is 35.5. The van der Waals surface area contributed by atoms with E-state index in [4.69, 9.17) is 11.6 Å². The summed E-state index contributed by atoms with van der Waals surface area (Å²) in [5.41, 5.74) is 0.993. The zero-order valence-electron chi connectivity index (χ0n) is 7.14. The molecule has 5 heteroatoms. The van der Waals surface area contributed by atoms with E-state index in [-0.39, 0.29) is 0 Å². The summed E-state index contributed by atoms with van der Waals surface area (Å²) >= 11 is 11.7. The number of rotatable bonds is 2. The second-order valence-corrected chi connectivity index (χ2v) is 4.39. The summed E-state index contributed by atoms with van der Waals surface area (Å²) in [7, 11) is 0. The minimum Gasteiger partial charge on any atom is -0.264 e. The first-order chi connectivity index (χ1) is 6.81. The number of halogens is 1. The Balaban J connectivity index is 2.43. The highest BCUT2D eigenvalue weighted by molar-refractivity contribution is 7.79. The monoisotopic (exact) mass is 242 g/mol. The van der Waals surface area contributed by atoms with Crippen LogP contribution in [-0.2, 0) is 5.75 Å². The molecule has 0 aliphatic carbocycles. The van der Waals surface area contributed by atoms with E-state index in [1.807, 2.05) is 12.1 Å². The van der Waals surface area contributed by atoms with E-state index in [9.17, 15) is 0 Å². The van der Waals surface area contributed by atoms with Gasteiger partial charge in [0.2, 0.25) is 0 Å². The second kappa shape index (κ2) is 4.29. The third kappa shape index (κ3) is 1.92. The van der Waals surface area contributed by atoms with E-state index in [2.05, 4.69) is 22.6 Å². The van der Waals surface area contributed by atoms with E-state index in [1.165, 1.54) is 0 Å². The molecule has 0 unspecified atom stereocenters. The zero-order chi connectivity index (χ0) is 9.97. The summed E-state index contributed by atoms with van der Waals surface area (Å²) in [6.45, 7) is 0. The van der Waals surface area contributed by atoms with E-state index in [0.29, 0.717) is 10.9 Å². The zero-order valence-corrected chi connectivity index (χ0v) is 9.61. The van der Waals surface area contributed by atoms with Gasteiger partial charge in [-0.2, -0.15) is 12.6 Å². The maximum atomic E-state index is 5.92. The second-order valence-electron chi connectivity index (χ2n) is 2.63. The van der Waals surface area contributed by atoms with Crippen molar-refractivity contribution in [3.8, 4) is 10.6 Å². The number of thiazole rings is 1. The van der Waals surface area contributed by atoms with Gasteiger partial charge in [-0.3, -0.25) is 4.98 Å². The van der Waals surface area contributed by atoms with Crippen LogP contribution in [0, 0.1) is 0 Å². The molecule has 0 bridgehead atoms. The fourth-order valence-corrected chi connectivity index (χ4v) is 2.60. The van der Waals surface area contributed by atoms with Crippen molar-refractivity contribution in [1.29, 1.82) is 0 Å². The number of hydrogen-bond acceptors (Lipinski definition) is 4. The van der Waals surface area contributed by atoms with Gasteiger partial charge in [0, 0.05) is 23.7 Å². The van der Waals surface area contributed by atoms with E-state index in [1.54, 1.807) is 23.7 Å². The van der Waals surface area contributed by atoms with Crippen molar-refractivity contribution in [2.24, 2.45) is 0 Å². The summed E-state index contributed by atoms with van der Waals surface area (Å²) < 4.78 is 0. The molecule has 2 heterocycles. The van der Waals surface area contributed by atoms with Gasteiger partial charge in [0.15, 0.2) is 0 Å². The van der Waals surface area contributed by atoms with Crippen LogP contribution in [0.3, 0.4) is 0 Å². The number of aromatic nitrogens is 2.